The van der Waals surface area contributed by atoms with Crippen molar-refractivity contribution in [2.24, 2.45) is 51.2 Å². The molecule has 3 N–H and O–H groups in total. The Morgan fingerprint density at radius 3 is 1.65 bits per heavy atom. The number of benzene rings is 1. The lowest BCUT2D eigenvalue weighted by atomic mass is 9.61. The van der Waals surface area contributed by atoms with E-state index < -0.39 is 47.9 Å². The van der Waals surface area contributed by atoms with Gasteiger partial charge in [0, 0.05) is 43.1 Å². The number of ketones is 1. The Morgan fingerprint density at radius 2 is 1.11 bits per heavy atom. The fourth-order valence-corrected chi connectivity index (χ4v) is 13.1. The molecule has 85 heavy (non-hydrogen) atoms. The number of carbonyl (C=O) groups excluding carboxylic acids is 9. The van der Waals surface area contributed by atoms with Crippen LogP contribution in [0.5, 0.6) is 5.75 Å². The summed E-state index contributed by atoms with van der Waals surface area (Å²) in [5.74, 6) is -1.38. The Bertz CT molecular complexity index is 2390. The zero-order valence-corrected chi connectivity index (χ0v) is 52.8. The predicted molar refractivity (Wildman–Crippen MR) is 318 cm³/mol. The SMILES string of the molecule is C=C(C)C(=O)OCCOC(=O)NC1CC(C)(C)CC(C)(CNC(=O)OCC2CCC(COC(=O)CCC3(C)CC(NC(=O)OCCOC(=O)C(C)=O)CC(C)(C)C3)CC2)C1.C=C(C)C(=O)Oc1ccccc1C(=O)OC1CC(C)CCC1C(C)C. The van der Waals surface area contributed by atoms with Crippen LogP contribution in [0, 0.1) is 51.2 Å². The monoisotopic (exact) mass is 1190 g/mol. The van der Waals surface area contributed by atoms with Crippen molar-refractivity contribution in [1.82, 2.24) is 16.0 Å². The van der Waals surface area contributed by atoms with Crippen molar-refractivity contribution < 1.29 is 81.0 Å². The molecule has 0 heterocycles. The Balaban J connectivity index is 0.000000513. The van der Waals surface area contributed by atoms with Crippen LogP contribution in [-0.2, 0) is 57.1 Å². The van der Waals surface area contributed by atoms with Gasteiger partial charge >= 0.3 is 48.1 Å². The first-order chi connectivity index (χ1) is 39.7. The minimum atomic E-state index is -0.973. The molecule has 0 saturated heterocycles. The van der Waals surface area contributed by atoms with E-state index in [9.17, 15) is 43.2 Å². The molecule has 0 aliphatic heterocycles. The fraction of sp³-hybridized carbons (Fsp3) is 0.708. The van der Waals surface area contributed by atoms with E-state index in [1.54, 1.807) is 38.1 Å². The molecule has 4 aliphatic carbocycles. The summed E-state index contributed by atoms with van der Waals surface area (Å²) >= 11 is 0. The van der Waals surface area contributed by atoms with Gasteiger partial charge in [0.1, 0.15) is 43.8 Å². The molecule has 0 radical (unpaired) electrons. The second kappa shape index (κ2) is 32.9. The average molecular weight is 1190 g/mol. The third kappa shape index (κ3) is 25.6. The van der Waals surface area contributed by atoms with Crippen LogP contribution in [0.25, 0.3) is 0 Å². The average Bonchev–Trinajstić information content (AvgIpc) is 1.96. The van der Waals surface area contributed by atoms with E-state index in [2.05, 4.69) is 91.4 Å². The number of nitrogens with one attached hydrogen (secondary N) is 3. The molecule has 3 amide bonds. The Morgan fingerprint density at radius 1 is 0.600 bits per heavy atom. The number of hydrogen-bond donors (Lipinski definition) is 3. The maximum Gasteiger partial charge on any atom is 0.407 e. The number of rotatable bonds is 24. The van der Waals surface area contributed by atoms with Gasteiger partial charge in [-0.05, 0) is 161 Å². The molecule has 4 fully saturated rings. The van der Waals surface area contributed by atoms with Gasteiger partial charge in [0.15, 0.2) is 0 Å². The standard InChI is InChI=1S/C44H71N3O13.C21H28O4/c1-29(2)36(50)55-16-18-57-40(54)47-34-21-42(6,7)27-44(9,23-34)28-45-38(52)60-25-32-12-10-31(11-13-32)24-59-35(49)14-15-43(8)22-33(20-41(4,5)26-43)46-39(53)58-19-17-56-37(51)30(3)48;1-13(2)16-11-10-15(5)12-19(16)25-21(23)17-8-6-7-9-18(17)24-20(22)14(3)4/h31-34H,1,10-28H2,2-9H3,(H,45,52)(H,46,53)(H,47,54);6-9,13,15-16,19H,3,10-12H2,1-2,4-5H3. The maximum absolute atomic E-state index is 12.9. The molecule has 7 atom stereocenters. The molecule has 20 heteroatoms. The summed E-state index contributed by atoms with van der Waals surface area (Å²) < 4.78 is 42.5. The van der Waals surface area contributed by atoms with Crippen molar-refractivity contribution in [2.75, 3.05) is 46.2 Å². The lowest BCUT2D eigenvalue weighted by molar-refractivity contribution is -0.153. The number of hydrogen-bond acceptors (Lipinski definition) is 17. The van der Waals surface area contributed by atoms with Gasteiger partial charge in [-0.25, -0.2) is 33.6 Å². The minimum Gasteiger partial charge on any atom is -0.465 e. The number of esters is 5. The molecule has 1 aromatic rings. The number of Topliss-reactive ketones (excluding diaryl/α,β-unsaturated/α-hetero) is 1. The smallest absolute Gasteiger partial charge is 0.407 e. The van der Waals surface area contributed by atoms with Gasteiger partial charge in [-0.1, -0.05) is 94.0 Å². The van der Waals surface area contributed by atoms with Gasteiger partial charge in [0.2, 0.25) is 5.78 Å². The van der Waals surface area contributed by atoms with Gasteiger partial charge in [-0.15, -0.1) is 0 Å². The zero-order valence-electron chi connectivity index (χ0n) is 52.8. The van der Waals surface area contributed by atoms with Crippen LogP contribution in [0.2, 0.25) is 0 Å². The maximum atomic E-state index is 12.9. The lowest BCUT2D eigenvalue weighted by Crippen LogP contribution is -2.50. The van der Waals surface area contributed by atoms with Crippen LogP contribution in [0.15, 0.2) is 48.6 Å². The highest BCUT2D eigenvalue weighted by molar-refractivity contribution is 6.32. The molecule has 4 aliphatic rings. The summed E-state index contributed by atoms with van der Waals surface area (Å²) in [5.41, 5.74) is 0.176. The van der Waals surface area contributed by atoms with E-state index in [1.165, 1.54) is 6.42 Å². The van der Waals surface area contributed by atoms with Crippen molar-refractivity contribution >= 4 is 53.9 Å². The second-order valence-electron chi connectivity index (χ2n) is 27.1. The Labute approximate surface area is 504 Å². The fourth-order valence-electron chi connectivity index (χ4n) is 13.1. The molecule has 0 spiro atoms. The van der Waals surface area contributed by atoms with Crippen LogP contribution >= 0.6 is 0 Å². The molecule has 20 nitrogen and oxygen atoms in total. The largest absolute Gasteiger partial charge is 0.465 e. The molecule has 4 saturated carbocycles. The van der Waals surface area contributed by atoms with Crippen molar-refractivity contribution in [1.29, 1.82) is 0 Å². The zero-order chi connectivity index (χ0) is 63.3. The molecule has 5 rings (SSSR count). The van der Waals surface area contributed by atoms with E-state index >= 15 is 0 Å². The highest BCUT2D eigenvalue weighted by Crippen LogP contribution is 2.49. The highest BCUT2D eigenvalue weighted by Gasteiger charge is 2.44. The first kappa shape index (κ1) is 71.0. The molecule has 0 bridgehead atoms. The third-order valence-electron chi connectivity index (χ3n) is 16.6. The molecule has 7 unspecified atom stereocenters. The Kier molecular flexibility index (Phi) is 27.5. The van der Waals surface area contributed by atoms with Gasteiger partial charge in [-0.2, -0.15) is 0 Å². The summed E-state index contributed by atoms with van der Waals surface area (Å²) in [4.78, 5) is 109. The highest BCUT2D eigenvalue weighted by atomic mass is 16.6. The quantitative estimate of drug-likeness (QED) is 0.0217. The lowest BCUT2D eigenvalue weighted by Gasteiger charge is -2.46. The first-order valence-electron chi connectivity index (χ1n) is 30.4. The van der Waals surface area contributed by atoms with Crippen LogP contribution in [0.1, 0.15) is 190 Å². The van der Waals surface area contributed by atoms with Crippen LogP contribution in [-0.4, -0.2) is 118 Å². The van der Waals surface area contributed by atoms with Gasteiger partial charge in [0.25, 0.3) is 0 Å². The summed E-state index contributed by atoms with van der Waals surface area (Å²) in [6.45, 7) is 31.2. The van der Waals surface area contributed by atoms with Gasteiger partial charge in [-0.3, -0.25) is 9.59 Å². The van der Waals surface area contributed by atoms with Crippen molar-refractivity contribution in [3.8, 4) is 5.75 Å². The van der Waals surface area contributed by atoms with Crippen LogP contribution in [0.4, 0.5) is 14.4 Å². The number of alkyl carbamates (subject to hydrolysis) is 3. The summed E-state index contributed by atoms with van der Waals surface area (Å²) in [6.07, 6.45) is 10.3. The minimum absolute atomic E-state index is 0.0570. The van der Waals surface area contributed by atoms with Gasteiger partial charge < -0.3 is 53.8 Å². The molecule has 476 valence electrons. The molecular weight excluding hydrogens is 1090 g/mol. The number of carbonyl (C=O) groups is 9. The molecule has 0 aromatic heterocycles. The first-order valence-corrected chi connectivity index (χ1v) is 30.4. The van der Waals surface area contributed by atoms with Crippen molar-refractivity contribution in [3.63, 3.8) is 0 Å². The van der Waals surface area contributed by atoms with E-state index in [0.717, 1.165) is 71.1 Å². The van der Waals surface area contributed by atoms with E-state index in [0.29, 0.717) is 56.8 Å². The summed E-state index contributed by atoms with van der Waals surface area (Å²) in [6, 6.07) is 6.36. The second-order valence-corrected chi connectivity index (χ2v) is 27.1. The van der Waals surface area contributed by atoms with Crippen molar-refractivity contribution in [2.45, 2.75) is 198 Å². The topological polar surface area (TPSA) is 264 Å². The van der Waals surface area contributed by atoms with Crippen LogP contribution < -0.4 is 20.7 Å². The molecule has 1 aromatic carbocycles. The summed E-state index contributed by atoms with van der Waals surface area (Å²) in [5, 5.41) is 8.80. The predicted octanol–water partition coefficient (Wildman–Crippen LogP) is 11.5. The summed E-state index contributed by atoms with van der Waals surface area (Å²) in [7, 11) is 0. The third-order valence-corrected chi connectivity index (χ3v) is 16.6. The molecular formula is C65H99N3O17. The van der Waals surface area contributed by atoms with Crippen molar-refractivity contribution in [3.05, 3.63) is 54.1 Å². The number of ether oxygens (including phenoxy) is 8. The van der Waals surface area contributed by atoms with Crippen LogP contribution in [0.3, 0.4) is 0 Å². The van der Waals surface area contributed by atoms with E-state index in [4.69, 9.17) is 37.9 Å². The van der Waals surface area contributed by atoms with E-state index in [-0.39, 0.29) is 113 Å². The van der Waals surface area contributed by atoms with E-state index in [1.807, 2.05) is 0 Å². The van der Waals surface area contributed by atoms with Gasteiger partial charge in [0.05, 0.1) is 13.2 Å². The number of amides is 3. The Hall–Kier alpha value is -6.47. The normalized spacial score (nSPS) is 25.8. The number of para-hydroxylation sites is 1.